The van der Waals surface area contributed by atoms with Crippen LogP contribution in [-0.4, -0.2) is 30.1 Å². The molecule has 1 unspecified atom stereocenters. The van der Waals surface area contributed by atoms with Gasteiger partial charge < -0.3 is 15.8 Å². The van der Waals surface area contributed by atoms with Gasteiger partial charge in [0.2, 0.25) is 0 Å². The van der Waals surface area contributed by atoms with E-state index in [0.29, 0.717) is 12.3 Å². The normalized spacial score (nSPS) is 11.4. The number of nitrogens with zero attached hydrogens (tertiary/aromatic N) is 1. The number of rotatable bonds is 6. The zero-order chi connectivity index (χ0) is 13.4. The van der Waals surface area contributed by atoms with E-state index in [4.69, 9.17) is 16.9 Å². The van der Waals surface area contributed by atoms with Crippen LogP contribution in [0.1, 0.15) is 12.6 Å². The summed E-state index contributed by atoms with van der Waals surface area (Å²) in [6.45, 7) is 2.40. The van der Waals surface area contributed by atoms with Crippen LogP contribution in [0.2, 0.25) is 0 Å². The highest BCUT2D eigenvalue weighted by molar-refractivity contribution is 5.80. The van der Waals surface area contributed by atoms with Gasteiger partial charge in [-0.1, -0.05) is 5.92 Å². The van der Waals surface area contributed by atoms with Crippen molar-refractivity contribution in [3.63, 3.8) is 0 Å². The average molecular weight is 247 g/mol. The summed E-state index contributed by atoms with van der Waals surface area (Å²) in [4.78, 5) is 15.7. The highest BCUT2D eigenvalue weighted by Crippen LogP contribution is 2.11. The van der Waals surface area contributed by atoms with Crippen molar-refractivity contribution in [2.45, 2.75) is 19.4 Å². The molecule has 5 heteroatoms. The number of ether oxygens (including phenoxy) is 1. The summed E-state index contributed by atoms with van der Waals surface area (Å²) < 4.78 is 5.43. The van der Waals surface area contributed by atoms with Gasteiger partial charge >= 0.3 is 0 Å². The maximum atomic E-state index is 11.5. The fourth-order valence-corrected chi connectivity index (χ4v) is 1.32. The summed E-state index contributed by atoms with van der Waals surface area (Å²) >= 11 is 0. The van der Waals surface area contributed by atoms with E-state index in [1.54, 1.807) is 19.2 Å². The predicted molar refractivity (Wildman–Crippen MR) is 68.9 cm³/mol. The van der Waals surface area contributed by atoms with Crippen molar-refractivity contribution in [2.75, 3.05) is 13.1 Å². The van der Waals surface area contributed by atoms with Crippen LogP contribution in [0.5, 0.6) is 5.75 Å². The van der Waals surface area contributed by atoms with Gasteiger partial charge in [-0.05, 0) is 25.6 Å². The fourth-order valence-electron chi connectivity index (χ4n) is 1.32. The third-order valence-corrected chi connectivity index (χ3v) is 2.24. The molecule has 1 rings (SSSR count). The number of carbonyl (C=O) groups is 1. The van der Waals surface area contributed by atoms with Crippen LogP contribution in [0.4, 0.5) is 0 Å². The van der Waals surface area contributed by atoms with Gasteiger partial charge in [0, 0.05) is 12.1 Å². The van der Waals surface area contributed by atoms with Crippen molar-refractivity contribution in [2.24, 2.45) is 5.73 Å². The number of terminal acetylenes is 1. The molecule has 0 bridgehead atoms. The van der Waals surface area contributed by atoms with E-state index >= 15 is 0 Å². The molecular weight excluding hydrogens is 230 g/mol. The maximum absolute atomic E-state index is 11.5. The van der Waals surface area contributed by atoms with Crippen molar-refractivity contribution >= 4 is 5.91 Å². The number of aromatic nitrogens is 1. The minimum Gasteiger partial charge on any atom is -0.479 e. The molecule has 1 atom stereocenters. The summed E-state index contributed by atoms with van der Waals surface area (Å²) in [6.07, 6.45) is 6.74. The summed E-state index contributed by atoms with van der Waals surface area (Å²) in [5.41, 5.74) is 6.32. The molecule has 0 aliphatic rings. The molecule has 0 saturated heterocycles. The van der Waals surface area contributed by atoms with Crippen molar-refractivity contribution in [1.82, 2.24) is 10.3 Å². The van der Waals surface area contributed by atoms with E-state index in [1.807, 2.05) is 6.07 Å². The van der Waals surface area contributed by atoms with Crippen molar-refractivity contribution < 1.29 is 9.53 Å². The Morgan fingerprint density at radius 3 is 3.00 bits per heavy atom. The number of carbonyl (C=O) groups excluding carboxylic acids is 1. The Kier molecular flexibility index (Phi) is 5.68. The van der Waals surface area contributed by atoms with E-state index in [-0.39, 0.29) is 12.5 Å². The molecule has 0 aliphatic carbocycles. The second-order valence-corrected chi connectivity index (χ2v) is 3.71. The van der Waals surface area contributed by atoms with Gasteiger partial charge in [-0.2, -0.15) is 0 Å². The average Bonchev–Trinajstić information content (AvgIpc) is 2.38. The zero-order valence-corrected chi connectivity index (χ0v) is 10.3. The van der Waals surface area contributed by atoms with E-state index in [2.05, 4.69) is 16.2 Å². The van der Waals surface area contributed by atoms with Crippen LogP contribution in [0.3, 0.4) is 0 Å². The molecule has 0 aliphatic heterocycles. The summed E-state index contributed by atoms with van der Waals surface area (Å²) in [5, 5.41) is 2.55. The molecule has 0 fully saturated rings. The van der Waals surface area contributed by atoms with E-state index in [9.17, 15) is 4.79 Å². The first-order chi connectivity index (χ1) is 8.67. The Morgan fingerprint density at radius 1 is 1.67 bits per heavy atom. The van der Waals surface area contributed by atoms with Gasteiger partial charge in [-0.15, -0.1) is 6.42 Å². The molecule has 0 aromatic carbocycles. The van der Waals surface area contributed by atoms with Gasteiger partial charge in [0.15, 0.2) is 6.10 Å². The minimum atomic E-state index is -0.611. The number of hydrogen-bond acceptors (Lipinski definition) is 4. The summed E-state index contributed by atoms with van der Waals surface area (Å²) in [6, 6.07) is 3.59. The van der Waals surface area contributed by atoms with Crippen molar-refractivity contribution in [3.05, 3.63) is 24.0 Å². The predicted octanol–water partition coefficient (Wildman–Crippen LogP) is 0.0995. The Balaban J connectivity index is 2.51. The molecule has 3 N–H and O–H groups in total. The van der Waals surface area contributed by atoms with E-state index < -0.39 is 6.10 Å². The lowest BCUT2D eigenvalue weighted by atomic mass is 10.2. The van der Waals surface area contributed by atoms with Crippen LogP contribution >= 0.6 is 0 Å². The van der Waals surface area contributed by atoms with Gasteiger partial charge in [0.1, 0.15) is 5.75 Å². The van der Waals surface area contributed by atoms with Crippen LogP contribution in [-0.2, 0) is 11.2 Å². The first-order valence-electron chi connectivity index (χ1n) is 5.70. The molecule has 0 radical (unpaired) electrons. The minimum absolute atomic E-state index is 0.195. The molecule has 1 aromatic heterocycles. The summed E-state index contributed by atoms with van der Waals surface area (Å²) in [7, 11) is 0. The van der Waals surface area contributed by atoms with Crippen molar-refractivity contribution in [1.29, 1.82) is 0 Å². The quantitative estimate of drug-likeness (QED) is 0.699. The Morgan fingerprint density at radius 2 is 2.44 bits per heavy atom. The van der Waals surface area contributed by atoms with E-state index in [0.717, 1.165) is 12.1 Å². The largest absolute Gasteiger partial charge is 0.479 e. The molecule has 0 saturated carbocycles. The first kappa shape index (κ1) is 14.0. The summed E-state index contributed by atoms with van der Waals surface area (Å²) in [5.74, 6) is 2.62. The van der Waals surface area contributed by atoms with Gasteiger partial charge in [-0.3, -0.25) is 9.78 Å². The molecule has 5 nitrogen and oxygen atoms in total. The topological polar surface area (TPSA) is 77.2 Å². The number of hydrogen-bond donors (Lipinski definition) is 2. The second kappa shape index (κ2) is 7.30. The maximum Gasteiger partial charge on any atom is 0.261 e. The molecule has 1 amide bonds. The lowest BCUT2D eigenvalue weighted by molar-refractivity contribution is -0.127. The Hall–Kier alpha value is -2.06. The van der Waals surface area contributed by atoms with E-state index in [1.165, 1.54) is 0 Å². The number of nitrogens with two attached hydrogens (primary N) is 1. The third kappa shape index (κ3) is 4.44. The lowest BCUT2D eigenvalue weighted by Crippen LogP contribution is -2.36. The Bertz CT molecular complexity index is 423. The third-order valence-electron chi connectivity index (χ3n) is 2.24. The fraction of sp³-hybridized carbons (Fsp3) is 0.385. The lowest BCUT2D eigenvalue weighted by Gasteiger charge is -2.13. The monoisotopic (exact) mass is 247 g/mol. The van der Waals surface area contributed by atoms with Gasteiger partial charge in [-0.25, -0.2) is 0 Å². The van der Waals surface area contributed by atoms with Crippen LogP contribution in [0, 0.1) is 12.3 Å². The van der Waals surface area contributed by atoms with Gasteiger partial charge in [0.05, 0.1) is 12.7 Å². The molecule has 96 valence electrons. The SMILES string of the molecule is C#CCNC(=O)C(C)Oc1ccc(CCN)nc1. The first-order valence-corrected chi connectivity index (χ1v) is 5.70. The van der Waals surface area contributed by atoms with Crippen LogP contribution < -0.4 is 15.8 Å². The molecular formula is C13H17N3O2. The smallest absolute Gasteiger partial charge is 0.261 e. The van der Waals surface area contributed by atoms with Crippen molar-refractivity contribution in [3.8, 4) is 18.1 Å². The zero-order valence-electron chi connectivity index (χ0n) is 10.3. The molecule has 1 heterocycles. The highest BCUT2D eigenvalue weighted by Gasteiger charge is 2.13. The molecule has 1 aromatic rings. The number of amides is 1. The number of pyridine rings is 1. The Labute approximate surface area is 107 Å². The standard InChI is InChI=1S/C13H17N3O2/c1-3-8-15-13(17)10(2)18-12-5-4-11(6-7-14)16-9-12/h1,4-5,9-10H,6-8,14H2,2H3,(H,15,17). The molecule has 0 spiro atoms. The van der Waals surface area contributed by atoms with Crippen LogP contribution in [0.15, 0.2) is 18.3 Å². The van der Waals surface area contributed by atoms with Gasteiger partial charge in [0.25, 0.3) is 5.91 Å². The number of nitrogens with one attached hydrogen (secondary N) is 1. The second-order valence-electron chi connectivity index (χ2n) is 3.71. The highest BCUT2D eigenvalue weighted by atomic mass is 16.5. The van der Waals surface area contributed by atoms with Crippen LogP contribution in [0.25, 0.3) is 0 Å². The molecule has 18 heavy (non-hydrogen) atoms.